The third-order valence-electron chi connectivity index (χ3n) is 7.57. The summed E-state index contributed by atoms with van der Waals surface area (Å²) in [4.78, 5) is 18.4. The monoisotopic (exact) mass is 398 g/mol. The molecule has 5 atom stereocenters. The van der Waals surface area contributed by atoms with Gasteiger partial charge in [0.05, 0.1) is 11.6 Å². The molecular formula is C24H31FN2O2. The molecule has 29 heavy (non-hydrogen) atoms. The third-order valence-corrected chi connectivity index (χ3v) is 7.57. The molecule has 156 valence electrons. The van der Waals surface area contributed by atoms with Crippen molar-refractivity contribution in [2.75, 3.05) is 0 Å². The Kier molecular flexibility index (Phi) is 4.16. The van der Waals surface area contributed by atoms with E-state index in [1.165, 1.54) is 29.4 Å². The van der Waals surface area contributed by atoms with Crippen LogP contribution >= 0.6 is 0 Å². The second-order valence-electron chi connectivity index (χ2n) is 10.1. The van der Waals surface area contributed by atoms with Crippen molar-refractivity contribution in [3.63, 3.8) is 0 Å². The molecule has 2 heterocycles. The van der Waals surface area contributed by atoms with Gasteiger partial charge in [0.1, 0.15) is 5.67 Å². The van der Waals surface area contributed by atoms with Crippen molar-refractivity contribution in [2.45, 2.75) is 94.5 Å². The van der Waals surface area contributed by atoms with E-state index in [-0.39, 0.29) is 24.3 Å². The molecule has 5 heteroatoms. The van der Waals surface area contributed by atoms with Crippen LogP contribution in [0.25, 0.3) is 10.9 Å². The second-order valence-corrected chi connectivity index (χ2v) is 10.1. The van der Waals surface area contributed by atoms with Gasteiger partial charge in [-0.05, 0) is 62.1 Å². The zero-order chi connectivity index (χ0) is 20.6. The van der Waals surface area contributed by atoms with E-state index in [2.05, 4.69) is 30.1 Å². The van der Waals surface area contributed by atoms with Crippen molar-refractivity contribution >= 4 is 16.8 Å². The molecule has 3 aliphatic rings. The number of likely N-dealkylation sites (tertiary alicyclic amines) is 1. The standard InChI is InChI=1S/C24H31FN2O2/c1-14(19-12-26-20-6-4-5-18(22(19)20)16-7-8-16)9-21(28)27-15(2)24(25)11-17(27)10-23(3,29)13-24/h4-6,12,14-17,26,29H,7-11,13H2,1-3H3. The molecule has 2 bridgehead atoms. The number of nitrogens with zero attached hydrogens (tertiary/aromatic N) is 1. The van der Waals surface area contributed by atoms with Crippen LogP contribution in [0.2, 0.25) is 0 Å². The molecule has 4 nitrogen and oxygen atoms in total. The maximum atomic E-state index is 15.5. The highest BCUT2D eigenvalue weighted by Crippen LogP contribution is 2.50. The number of nitrogens with one attached hydrogen (secondary N) is 1. The first kappa shape index (κ1) is 19.1. The first-order valence-corrected chi connectivity index (χ1v) is 11.0. The summed E-state index contributed by atoms with van der Waals surface area (Å²) in [6, 6.07) is 5.73. The lowest BCUT2D eigenvalue weighted by Crippen LogP contribution is -2.44. The molecule has 2 saturated carbocycles. The van der Waals surface area contributed by atoms with Gasteiger partial charge in [-0.15, -0.1) is 0 Å². The Balaban J connectivity index is 1.40. The Morgan fingerprint density at radius 3 is 2.86 bits per heavy atom. The topological polar surface area (TPSA) is 56.3 Å². The van der Waals surface area contributed by atoms with Crippen LogP contribution in [0, 0.1) is 0 Å². The van der Waals surface area contributed by atoms with Gasteiger partial charge in [-0.1, -0.05) is 19.1 Å². The number of H-pyrrole nitrogens is 1. The number of aromatic nitrogens is 1. The predicted molar refractivity (Wildman–Crippen MR) is 112 cm³/mol. The van der Waals surface area contributed by atoms with Crippen LogP contribution in [0.4, 0.5) is 4.39 Å². The van der Waals surface area contributed by atoms with E-state index >= 15 is 4.39 Å². The Labute approximate surface area is 171 Å². The van der Waals surface area contributed by atoms with Gasteiger partial charge in [-0.3, -0.25) is 4.79 Å². The van der Waals surface area contributed by atoms with Gasteiger partial charge in [0, 0.05) is 42.4 Å². The molecule has 3 fully saturated rings. The molecule has 1 saturated heterocycles. The van der Waals surface area contributed by atoms with Crippen LogP contribution in [0.1, 0.15) is 82.3 Å². The highest BCUT2D eigenvalue weighted by Gasteiger charge is 2.59. The number of amides is 1. The van der Waals surface area contributed by atoms with Crippen molar-refractivity contribution in [3.8, 4) is 0 Å². The lowest BCUT2D eigenvalue weighted by molar-refractivity contribution is -0.135. The van der Waals surface area contributed by atoms with Crippen LogP contribution in [-0.4, -0.2) is 44.3 Å². The van der Waals surface area contributed by atoms with E-state index in [4.69, 9.17) is 0 Å². The Morgan fingerprint density at radius 2 is 2.14 bits per heavy atom. The predicted octanol–water partition coefficient (Wildman–Crippen LogP) is 4.78. The Hall–Kier alpha value is -1.88. The van der Waals surface area contributed by atoms with E-state index < -0.39 is 17.3 Å². The van der Waals surface area contributed by atoms with Crippen LogP contribution in [-0.2, 0) is 4.79 Å². The normalized spacial score (nSPS) is 35.3. The largest absolute Gasteiger partial charge is 0.390 e. The number of alkyl halides is 1. The molecule has 0 radical (unpaired) electrons. The molecule has 1 aromatic heterocycles. The minimum atomic E-state index is -1.48. The highest BCUT2D eigenvalue weighted by molar-refractivity contribution is 5.89. The molecule has 5 unspecified atom stereocenters. The van der Waals surface area contributed by atoms with Crippen LogP contribution in [0.5, 0.6) is 0 Å². The molecule has 0 spiro atoms. The number of rotatable bonds is 4. The van der Waals surface area contributed by atoms with Crippen molar-refractivity contribution in [1.29, 1.82) is 0 Å². The molecule has 1 aliphatic heterocycles. The van der Waals surface area contributed by atoms with E-state index in [0.29, 0.717) is 25.2 Å². The summed E-state index contributed by atoms with van der Waals surface area (Å²) >= 11 is 0. The average Bonchev–Trinajstić information content (AvgIpc) is 3.33. The van der Waals surface area contributed by atoms with Crippen LogP contribution in [0.3, 0.4) is 0 Å². The van der Waals surface area contributed by atoms with E-state index in [9.17, 15) is 9.90 Å². The Bertz CT molecular complexity index is 961. The van der Waals surface area contributed by atoms with Gasteiger partial charge in [-0.2, -0.15) is 0 Å². The number of aromatic amines is 1. The molecule has 2 aromatic rings. The number of hydrogen-bond acceptors (Lipinski definition) is 2. The van der Waals surface area contributed by atoms with Gasteiger partial charge in [0.15, 0.2) is 0 Å². The Morgan fingerprint density at radius 1 is 1.38 bits per heavy atom. The van der Waals surface area contributed by atoms with Gasteiger partial charge in [-0.25, -0.2) is 4.39 Å². The summed E-state index contributed by atoms with van der Waals surface area (Å²) in [7, 11) is 0. The first-order chi connectivity index (χ1) is 13.7. The number of fused-ring (bicyclic) bond motifs is 3. The van der Waals surface area contributed by atoms with Crippen molar-refractivity contribution < 1.29 is 14.3 Å². The summed E-state index contributed by atoms with van der Waals surface area (Å²) < 4.78 is 15.5. The number of carbonyl (C=O) groups is 1. The highest BCUT2D eigenvalue weighted by atomic mass is 19.1. The van der Waals surface area contributed by atoms with Gasteiger partial charge in [0.25, 0.3) is 0 Å². The first-order valence-electron chi connectivity index (χ1n) is 11.0. The van der Waals surface area contributed by atoms with Gasteiger partial charge >= 0.3 is 0 Å². The van der Waals surface area contributed by atoms with E-state index in [1.54, 1.807) is 18.7 Å². The average molecular weight is 399 g/mol. The number of halogens is 1. The van der Waals surface area contributed by atoms with Crippen LogP contribution < -0.4 is 0 Å². The molecule has 1 aromatic carbocycles. The van der Waals surface area contributed by atoms with E-state index in [0.717, 1.165) is 5.52 Å². The maximum absolute atomic E-state index is 15.5. The fourth-order valence-corrected chi connectivity index (χ4v) is 6.09. The summed E-state index contributed by atoms with van der Waals surface area (Å²) in [6.07, 6.45) is 5.81. The number of hydrogen-bond donors (Lipinski definition) is 2. The summed E-state index contributed by atoms with van der Waals surface area (Å²) in [6.45, 7) is 5.60. The van der Waals surface area contributed by atoms with Crippen LogP contribution in [0.15, 0.2) is 24.4 Å². The summed E-state index contributed by atoms with van der Waals surface area (Å²) in [5.41, 5.74) is 1.19. The fourth-order valence-electron chi connectivity index (χ4n) is 6.09. The van der Waals surface area contributed by atoms with Crippen molar-refractivity contribution in [3.05, 3.63) is 35.5 Å². The molecule has 5 rings (SSSR count). The third kappa shape index (κ3) is 3.09. The number of benzene rings is 1. The SMILES string of the molecule is CC(CC(=O)N1C2CC(C)(O)CC(F)(C2)C1C)c1c[nH]c2cccc(C3CC3)c12. The minimum Gasteiger partial charge on any atom is -0.390 e. The fraction of sp³-hybridized carbons (Fsp3) is 0.625. The van der Waals surface area contributed by atoms with Crippen molar-refractivity contribution in [2.24, 2.45) is 0 Å². The summed E-state index contributed by atoms with van der Waals surface area (Å²) in [5.74, 6) is 0.702. The zero-order valence-corrected chi connectivity index (χ0v) is 17.5. The minimum absolute atomic E-state index is 0.00507. The number of aliphatic hydroxyl groups is 1. The second kappa shape index (κ2) is 6.31. The molecule has 2 aliphatic carbocycles. The van der Waals surface area contributed by atoms with Gasteiger partial charge in [0.2, 0.25) is 5.91 Å². The quantitative estimate of drug-likeness (QED) is 0.779. The van der Waals surface area contributed by atoms with Crippen molar-refractivity contribution in [1.82, 2.24) is 9.88 Å². The lowest BCUT2D eigenvalue weighted by Gasteiger charge is -2.36. The maximum Gasteiger partial charge on any atom is 0.223 e. The lowest BCUT2D eigenvalue weighted by atomic mass is 9.76. The summed E-state index contributed by atoms with van der Waals surface area (Å²) in [5, 5.41) is 11.8. The molecule has 1 amide bonds. The number of carbonyl (C=O) groups excluding carboxylic acids is 1. The van der Waals surface area contributed by atoms with Gasteiger partial charge < -0.3 is 15.0 Å². The molecule has 2 N–H and O–H groups in total. The van der Waals surface area contributed by atoms with E-state index in [1.807, 2.05) is 6.20 Å². The smallest absolute Gasteiger partial charge is 0.223 e. The molecular weight excluding hydrogens is 367 g/mol. The zero-order valence-electron chi connectivity index (χ0n) is 17.5.